The summed E-state index contributed by atoms with van der Waals surface area (Å²) in [6.45, 7) is 0.627. The van der Waals surface area contributed by atoms with Crippen LogP contribution in [0, 0.1) is 0 Å². The normalized spacial score (nSPS) is 18.3. The van der Waals surface area contributed by atoms with Gasteiger partial charge < -0.3 is 19.7 Å². The molecule has 1 fully saturated rings. The van der Waals surface area contributed by atoms with Crippen LogP contribution in [0.2, 0.25) is 0 Å². The summed E-state index contributed by atoms with van der Waals surface area (Å²) >= 11 is 0. The van der Waals surface area contributed by atoms with Crippen LogP contribution in [-0.4, -0.2) is 41.6 Å². The van der Waals surface area contributed by atoms with Gasteiger partial charge in [-0.25, -0.2) is 0 Å². The van der Waals surface area contributed by atoms with Crippen molar-refractivity contribution < 1.29 is 34.1 Å². The lowest BCUT2D eigenvalue weighted by Crippen LogP contribution is -2.29. The monoisotopic (exact) mass is 499 g/mol. The van der Waals surface area contributed by atoms with Gasteiger partial charge in [-0.1, -0.05) is 30.3 Å². The van der Waals surface area contributed by atoms with E-state index < -0.39 is 23.7 Å². The van der Waals surface area contributed by atoms with Gasteiger partial charge in [0.25, 0.3) is 11.7 Å². The highest BCUT2D eigenvalue weighted by molar-refractivity contribution is 6.51. The lowest BCUT2D eigenvalue weighted by atomic mass is 9.93. The zero-order chi connectivity index (χ0) is 26.1. The number of anilines is 1. The molecule has 0 aliphatic carbocycles. The molecule has 0 saturated carbocycles. The third-order valence-corrected chi connectivity index (χ3v) is 6.63. The minimum absolute atomic E-state index is 0.0548. The number of carboxylic acid groups (broad SMARTS) is 1. The maximum absolute atomic E-state index is 13.4. The number of rotatable bonds is 6. The molecule has 1 amide bonds. The van der Waals surface area contributed by atoms with Crippen molar-refractivity contribution in [3.8, 4) is 11.5 Å². The van der Waals surface area contributed by atoms with Crippen LogP contribution in [0.15, 0.2) is 72.3 Å². The lowest BCUT2D eigenvalue weighted by molar-refractivity contribution is -0.136. The Morgan fingerprint density at radius 2 is 1.81 bits per heavy atom. The number of Topliss-reactive ketones (excluding diaryl/α,β-unsaturated/α-hetero) is 1. The molecule has 3 aromatic carbocycles. The molecule has 2 aliphatic heterocycles. The van der Waals surface area contributed by atoms with Crippen molar-refractivity contribution in [1.29, 1.82) is 0 Å². The number of ketones is 1. The van der Waals surface area contributed by atoms with E-state index >= 15 is 0 Å². The number of aliphatic hydroxyl groups excluding tert-OH is 1. The first-order chi connectivity index (χ1) is 17.9. The number of carbonyl (C=O) groups excluding carboxylic acids is 2. The van der Waals surface area contributed by atoms with Crippen LogP contribution in [0.3, 0.4) is 0 Å². The van der Waals surface area contributed by atoms with Crippen LogP contribution >= 0.6 is 0 Å². The van der Waals surface area contributed by atoms with Gasteiger partial charge in [0.1, 0.15) is 17.3 Å². The average Bonchev–Trinajstić information content (AvgIpc) is 3.18. The van der Waals surface area contributed by atoms with E-state index in [2.05, 4.69) is 0 Å². The molecule has 2 aliphatic rings. The second-order valence-corrected chi connectivity index (χ2v) is 8.92. The summed E-state index contributed by atoms with van der Waals surface area (Å²) in [5.41, 5.74) is 2.76. The third-order valence-electron chi connectivity index (χ3n) is 6.63. The zero-order valence-corrected chi connectivity index (χ0v) is 20.1. The Bertz CT molecular complexity index is 1420. The number of aliphatic hydroxyl groups is 1. The number of nitrogens with zero attached hydrogens (tertiary/aromatic N) is 1. The number of hydrogen-bond donors (Lipinski definition) is 2. The number of amides is 1. The topological polar surface area (TPSA) is 113 Å². The first-order valence-corrected chi connectivity index (χ1v) is 11.9. The molecular formula is C29H25NO7. The molecule has 8 nitrogen and oxygen atoms in total. The highest BCUT2D eigenvalue weighted by atomic mass is 16.5. The minimum atomic E-state index is -0.974. The fraction of sp³-hybridized carbons (Fsp3) is 0.207. The minimum Gasteiger partial charge on any atom is -0.507 e. The molecule has 1 saturated heterocycles. The molecule has 3 aromatic rings. The summed E-state index contributed by atoms with van der Waals surface area (Å²) in [5, 5.41) is 20.5. The van der Waals surface area contributed by atoms with Crippen LogP contribution in [-0.2, 0) is 27.2 Å². The van der Waals surface area contributed by atoms with Crippen molar-refractivity contribution in [3.05, 3.63) is 94.6 Å². The highest BCUT2D eigenvalue weighted by Gasteiger charge is 2.48. The summed E-state index contributed by atoms with van der Waals surface area (Å²) in [5.74, 6) is -1.69. The van der Waals surface area contributed by atoms with Gasteiger partial charge in [0.05, 0.1) is 31.8 Å². The van der Waals surface area contributed by atoms with Gasteiger partial charge in [0.15, 0.2) is 0 Å². The van der Waals surface area contributed by atoms with Gasteiger partial charge in [-0.05, 0) is 60.4 Å². The number of carboxylic acids is 1. The van der Waals surface area contributed by atoms with E-state index in [4.69, 9.17) is 14.6 Å². The predicted octanol–water partition coefficient (Wildman–Crippen LogP) is 4.27. The Labute approximate surface area is 213 Å². The molecule has 2 N–H and O–H groups in total. The maximum atomic E-state index is 13.4. The summed E-state index contributed by atoms with van der Waals surface area (Å²) in [4.78, 5) is 39.3. The van der Waals surface area contributed by atoms with Crippen LogP contribution in [0.5, 0.6) is 11.5 Å². The standard InChI is InChI=1S/C29H25NO7/c1-36-23-7-3-2-6-21(23)26-25(27(33)19-10-13-22-18(16-19)5-4-14-37-22)28(34)29(35)30(26)20-11-8-17(9-12-20)15-24(31)32/h2-3,6-13,16,26,33H,4-5,14-15H2,1H3,(H,31,32)/b27-25+. The molecule has 37 heavy (non-hydrogen) atoms. The van der Waals surface area contributed by atoms with Crippen LogP contribution in [0.25, 0.3) is 5.76 Å². The molecule has 0 aromatic heterocycles. The Morgan fingerprint density at radius 1 is 1.05 bits per heavy atom. The van der Waals surface area contributed by atoms with Crippen molar-refractivity contribution in [2.75, 3.05) is 18.6 Å². The second-order valence-electron chi connectivity index (χ2n) is 8.92. The molecule has 8 heteroatoms. The molecule has 5 rings (SSSR count). The lowest BCUT2D eigenvalue weighted by Gasteiger charge is -2.27. The second kappa shape index (κ2) is 9.81. The Morgan fingerprint density at radius 3 is 2.54 bits per heavy atom. The zero-order valence-electron chi connectivity index (χ0n) is 20.1. The van der Waals surface area contributed by atoms with Crippen molar-refractivity contribution in [2.45, 2.75) is 25.3 Å². The van der Waals surface area contributed by atoms with Gasteiger partial charge in [0.2, 0.25) is 0 Å². The van der Waals surface area contributed by atoms with Crippen molar-refractivity contribution >= 4 is 29.1 Å². The van der Waals surface area contributed by atoms with Crippen LogP contribution in [0.4, 0.5) is 5.69 Å². The molecule has 0 spiro atoms. The largest absolute Gasteiger partial charge is 0.507 e. The van der Waals surface area contributed by atoms with Crippen molar-refractivity contribution in [2.24, 2.45) is 0 Å². The molecule has 1 atom stereocenters. The molecule has 1 unspecified atom stereocenters. The van der Waals surface area contributed by atoms with Crippen molar-refractivity contribution in [3.63, 3.8) is 0 Å². The fourth-order valence-corrected chi connectivity index (χ4v) is 4.90. The number of aryl methyl sites for hydroxylation is 1. The van der Waals surface area contributed by atoms with Gasteiger partial charge in [-0.2, -0.15) is 0 Å². The number of para-hydroxylation sites is 1. The first kappa shape index (κ1) is 24.1. The Balaban J connectivity index is 1.67. The average molecular weight is 500 g/mol. The summed E-state index contributed by atoms with van der Waals surface area (Å²) in [7, 11) is 1.50. The summed E-state index contributed by atoms with van der Waals surface area (Å²) in [6.07, 6.45) is 1.46. The molecular weight excluding hydrogens is 474 g/mol. The van der Waals surface area contributed by atoms with Crippen LogP contribution < -0.4 is 14.4 Å². The molecule has 188 valence electrons. The number of fused-ring (bicyclic) bond motifs is 1. The molecule has 0 bridgehead atoms. The molecule has 0 radical (unpaired) electrons. The number of hydrogen-bond acceptors (Lipinski definition) is 6. The predicted molar refractivity (Wildman–Crippen MR) is 136 cm³/mol. The third kappa shape index (κ3) is 4.42. The van der Waals surface area contributed by atoms with E-state index in [-0.39, 0.29) is 17.8 Å². The van der Waals surface area contributed by atoms with E-state index in [1.165, 1.54) is 12.0 Å². The highest BCUT2D eigenvalue weighted by Crippen LogP contribution is 2.45. The first-order valence-electron chi connectivity index (χ1n) is 11.9. The number of carbonyl (C=O) groups is 3. The number of methoxy groups -OCH3 is 1. The quantitative estimate of drug-likeness (QED) is 0.296. The van der Waals surface area contributed by atoms with E-state index in [0.29, 0.717) is 34.7 Å². The van der Waals surface area contributed by atoms with E-state index in [1.54, 1.807) is 66.7 Å². The number of ether oxygens (including phenoxy) is 2. The van der Waals surface area contributed by atoms with Crippen molar-refractivity contribution in [1.82, 2.24) is 0 Å². The Hall–Kier alpha value is -4.59. The van der Waals surface area contributed by atoms with Crippen LogP contribution in [0.1, 0.15) is 34.7 Å². The SMILES string of the molecule is COc1ccccc1C1/C(=C(\O)c2ccc3c(c2)CCCO3)C(=O)C(=O)N1c1ccc(CC(=O)O)cc1. The summed E-state index contributed by atoms with van der Waals surface area (Å²) in [6, 6.07) is 17.7. The number of benzene rings is 3. The van der Waals surface area contributed by atoms with Gasteiger partial charge in [-0.3, -0.25) is 19.3 Å². The summed E-state index contributed by atoms with van der Waals surface area (Å²) < 4.78 is 11.2. The van der Waals surface area contributed by atoms with E-state index in [1.807, 2.05) is 0 Å². The van der Waals surface area contributed by atoms with E-state index in [9.17, 15) is 19.5 Å². The van der Waals surface area contributed by atoms with Gasteiger partial charge in [0, 0.05) is 16.8 Å². The molecule has 2 heterocycles. The van der Waals surface area contributed by atoms with Gasteiger partial charge >= 0.3 is 5.97 Å². The van der Waals surface area contributed by atoms with E-state index in [0.717, 1.165) is 24.2 Å². The smallest absolute Gasteiger partial charge is 0.307 e. The fourth-order valence-electron chi connectivity index (χ4n) is 4.90. The number of aliphatic carboxylic acids is 1. The van der Waals surface area contributed by atoms with Gasteiger partial charge in [-0.15, -0.1) is 0 Å². The Kier molecular flexibility index (Phi) is 6.40. The maximum Gasteiger partial charge on any atom is 0.307 e.